The van der Waals surface area contributed by atoms with Gasteiger partial charge in [0.2, 0.25) is 0 Å². The minimum atomic E-state index is -0.573. The van der Waals surface area contributed by atoms with E-state index in [-0.39, 0.29) is 29.7 Å². The first kappa shape index (κ1) is 12.8. The molecule has 2 rings (SSSR count). The highest BCUT2D eigenvalue weighted by Gasteiger charge is 2.25. The molecule has 1 amide bonds. The topological polar surface area (TPSA) is 66.6 Å². The molecule has 0 aliphatic carbocycles. The molecule has 98 valence electrons. The largest absolute Gasteiger partial charge is 0.396 e. The Kier molecular flexibility index (Phi) is 3.81. The van der Waals surface area contributed by atoms with Gasteiger partial charge in [-0.25, -0.2) is 4.39 Å². The average molecular weight is 252 g/mol. The van der Waals surface area contributed by atoms with Crippen molar-refractivity contribution >= 4 is 11.6 Å². The number of likely N-dealkylation sites (tertiary alicyclic amines) is 1. The van der Waals surface area contributed by atoms with Crippen LogP contribution in [-0.2, 0) is 0 Å². The van der Waals surface area contributed by atoms with Crippen LogP contribution in [0.2, 0.25) is 0 Å². The molecular formula is C13H17FN2O2. The fourth-order valence-corrected chi connectivity index (χ4v) is 2.29. The number of benzene rings is 1. The number of carbonyl (C=O) groups is 1. The average Bonchev–Trinajstić information content (AvgIpc) is 2.41. The first-order valence-electron chi connectivity index (χ1n) is 6.07. The molecule has 0 radical (unpaired) electrons. The SMILES string of the molecule is Nc1c(F)cccc1C(=O)N1CCCC(CO)C1. The Labute approximate surface area is 105 Å². The van der Waals surface area contributed by atoms with E-state index in [0.717, 1.165) is 12.8 Å². The zero-order valence-electron chi connectivity index (χ0n) is 10.1. The number of piperidine rings is 1. The van der Waals surface area contributed by atoms with Crippen LogP contribution < -0.4 is 5.73 Å². The third-order valence-corrected chi connectivity index (χ3v) is 3.35. The van der Waals surface area contributed by atoms with Crippen LogP contribution in [-0.4, -0.2) is 35.6 Å². The van der Waals surface area contributed by atoms with Crippen molar-refractivity contribution < 1.29 is 14.3 Å². The van der Waals surface area contributed by atoms with E-state index in [9.17, 15) is 9.18 Å². The summed E-state index contributed by atoms with van der Waals surface area (Å²) in [5.74, 6) is -0.723. The van der Waals surface area contributed by atoms with E-state index in [4.69, 9.17) is 10.8 Å². The highest BCUT2D eigenvalue weighted by atomic mass is 19.1. The standard InChI is InChI=1S/C13H17FN2O2/c14-11-5-1-4-10(12(11)15)13(18)16-6-2-3-9(7-16)8-17/h1,4-5,9,17H,2-3,6-8,15H2. The molecule has 5 heteroatoms. The van der Waals surface area contributed by atoms with Crippen molar-refractivity contribution in [2.24, 2.45) is 5.92 Å². The van der Waals surface area contributed by atoms with Crippen molar-refractivity contribution in [1.82, 2.24) is 4.90 Å². The van der Waals surface area contributed by atoms with Gasteiger partial charge in [-0.3, -0.25) is 4.79 Å². The molecule has 1 fully saturated rings. The first-order chi connectivity index (χ1) is 8.63. The maximum Gasteiger partial charge on any atom is 0.256 e. The summed E-state index contributed by atoms with van der Waals surface area (Å²) in [5.41, 5.74) is 5.68. The summed E-state index contributed by atoms with van der Waals surface area (Å²) in [4.78, 5) is 13.9. The Morgan fingerprint density at radius 3 is 3.06 bits per heavy atom. The van der Waals surface area contributed by atoms with Crippen LogP contribution in [0.3, 0.4) is 0 Å². The molecule has 1 aliphatic heterocycles. The van der Waals surface area contributed by atoms with E-state index < -0.39 is 5.82 Å². The molecular weight excluding hydrogens is 235 g/mol. The van der Waals surface area contributed by atoms with Gasteiger partial charge in [-0.1, -0.05) is 6.07 Å². The van der Waals surface area contributed by atoms with Crippen LogP contribution in [0, 0.1) is 11.7 Å². The number of para-hydroxylation sites is 1. The van der Waals surface area contributed by atoms with Crippen molar-refractivity contribution in [2.75, 3.05) is 25.4 Å². The Balaban J connectivity index is 2.18. The second-order valence-electron chi connectivity index (χ2n) is 4.64. The molecule has 0 aromatic heterocycles. The fourth-order valence-electron chi connectivity index (χ4n) is 2.29. The summed E-state index contributed by atoms with van der Waals surface area (Å²) in [6.07, 6.45) is 1.77. The second kappa shape index (κ2) is 5.35. The molecule has 0 spiro atoms. The quantitative estimate of drug-likeness (QED) is 0.778. The number of hydrogen-bond acceptors (Lipinski definition) is 3. The molecule has 0 saturated carbocycles. The number of hydrogen-bond donors (Lipinski definition) is 2. The van der Waals surface area contributed by atoms with Gasteiger partial charge in [-0.15, -0.1) is 0 Å². The van der Waals surface area contributed by atoms with E-state index in [1.165, 1.54) is 18.2 Å². The van der Waals surface area contributed by atoms with Gasteiger partial charge in [0.15, 0.2) is 0 Å². The van der Waals surface area contributed by atoms with Gasteiger partial charge in [0.05, 0.1) is 11.3 Å². The van der Waals surface area contributed by atoms with Crippen LogP contribution in [0.25, 0.3) is 0 Å². The highest BCUT2D eigenvalue weighted by molar-refractivity contribution is 5.99. The van der Waals surface area contributed by atoms with Gasteiger partial charge >= 0.3 is 0 Å². The van der Waals surface area contributed by atoms with Gasteiger partial charge in [-0.05, 0) is 30.9 Å². The lowest BCUT2D eigenvalue weighted by Gasteiger charge is -2.32. The number of halogens is 1. The normalized spacial score (nSPS) is 19.9. The van der Waals surface area contributed by atoms with Gasteiger partial charge < -0.3 is 15.7 Å². The van der Waals surface area contributed by atoms with Gasteiger partial charge in [0, 0.05) is 19.7 Å². The maximum atomic E-state index is 13.3. The summed E-state index contributed by atoms with van der Waals surface area (Å²) in [5, 5.41) is 9.14. The zero-order chi connectivity index (χ0) is 13.1. The number of amides is 1. The number of rotatable bonds is 2. The smallest absolute Gasteiger partial charge is 0.256 e. The molecule has 4 nitrogen and oxygen atoms in total. The number of aliphatic hydroxyl groups is 1. The first-order valence-corrected chi connectivity index (χ1v) is 6.07. The van der Waals surface area contributed by atoms with E-state index in [0.29, 0.717) is 13.1 Å². The molecule has 1 saturated heterocycles. The second-order valence-corrected chi connectivity index (χ2v) is 4.64. The molecule has 1 aliphatic rings. The van der Waals surface area contributed by atoms with E-state index in [1.54, 1.807) is 4.90 Å². The summed E-state index contributed by atoms with van der Waals surface area (Å²) in [7, 11) is 0. The van der Waals surface area contributed by atoms with Crippen LogP contribution in [0.15, 0.2) is 18.2 Å². The van der Waals surface area contributed by atoms with Crippen molar-refractivity contribution in [3.05, 3.63) is 29.6 Å². The van der Waals surface area contributed by atoms with Crippen LogP contribution in [0.1, 0.15) is 23.2 Å². The molecule has 1 heterocycles. The lowest BCUT2D eigenvalue weighted by Crippen LogP contribution is -2.41. The predicted molar refractivity (Wildman–Crippen MR) is 66.5 cm³/mol. The van der Waals surface area contributed by atoms with Crippen molar-refractivity contribution in [3.63, 3.8) is 0 Å². The molecule has 1 aromatic carbocycles. The monoisotopic (exact) mass is 252 g/mol. The van der Waals surface area contributed by atoms with Crippen molar-refractivity contribution in [1.29, 1.82) is 0 Å². The lowest BCUT2D eigenvalue weighted by atomic mass is 9.98. The Morgan fingerprint density at radius 1 is 1.56 bits per heavy atom. The molecule has 18 heavy (non-hydrogen) atoms. The van der Waals surface area contributed by atoms with Crippen molar-refractivity contribution in [3.8, 4) is 0 Å². The van der Waals surface area contributed by atoms with Gasteiger partial charge in [-0.2, -0.15) is 0 Å². The third-order valence-electron chi connectivity index (χ3n) is 3.35. The zero-order valence-corrected chi connectivity index (χ0v) is 10.1. The number of nitrogen functional groups attached to an aromatic ring is 1. The van der Waals surface area contributed by atoms with E-state index >= 15 is 0 Å². The Hall–Kier alpha value is -1.62. The summed E-state index contributed by atoms with van der Waals surface area (Å²) >= 11 is 0. The predicted octanol–water partition coefficient (Wildman–Crippen LogP) is 1.25. The van der Waals surface area contributed by atoms with E-state index in [2.05, 4.69) is 0 Å². The number of nitrogens with two attached hydrogens (primary N) is 1. The summed E-state index contributed by atoms with van der Waals surface area (Å²) in [6.45, 7) is 1.21. The van der Waals surface area contributed by atoms with Crippen LogP contribution in [0.4, 0.5) is 10.1 Å². The molecule has 1 atom stereocenters. The fraction of sp³-hybridized carbons (Fsp3) is 0.462. The number of anilines is 1. The van der Waals surface area contributed by atoms with E-state index in [1.807, 2.05) is 0 Å². The summed E-state index contributed by atoms with van der Waals surface area (Å²) in [6, 6.07) is 4.24. The highest BCUT2D eigenvalue weighted by Crippen LogP contribution is 2.22. The van der Waals surface area contributed by atoms with Crippen LogP contribution in [0.5, 0.6) is 0 Å². The molecule has 3 N–H and O–H groups in total. The Morgan fingerprint density at radius 2 is 2.33 bits per heavy atom. The molecule has 1 aromatic rings. The Bertz CT molecular complexity index is 451. The third kappa shape index (κ3) is 2.46. The minimum Gasteiger partial charge on any atom is -0.396 e. The number of aliphatic hydroxyl groups excluding tert-OH is 1. The van der Waals surface area contributed by atoms with Crippen LogP contribution >= 0.6 is 0 Å². The molecule has 1 unspecified atom stereocenters. The number of carbonyl (C=O) groups excluding carboxylic acids is 1. The molecule has 0 bridgehead atoms. The van der Waals surface area contributed by atoms with Crippen molar-refractivity contribution in [2.45, 2.75) is 12.8 Å². The minimum absolute atomic E-state index is 0.0718. The van der Waals surface area contributed by atoms with Gasteiger partial charge in [0.1, 0.15) is 5.82 Å². The van der Waals surface area contributed by atoms with Gasteiger partial charge in [0.25, 0.3) is 5.91 Å². The maximum absolute atomic E-state index is 13.3. The summed E-state index contributed by atoms with van der Waals surface area (Å²) < 4.78 is 13.3. The number of nitrogens with zero attached hydrogens (tertiary/aromatic N) is 1. The lowest BCUT2D eigenvalue weighted by molar-refractivity contribution is 0.0621.